The lowest BCUT2D eigenvalue weighted by molar-refractivity contribution is -0.118. The fraction of sp³-hybridized carbons (Fsp3) is 0.0870. The van der Waals surface area contributed by atoms with Crippen molar-refractivity contribution in [2.24, 2.45) is 5.10 Å². The van der Waals surface area contributed by atoms with E-state index < -0.39 is 5.82 Å². The standard InChI is InChI=1S/C23H17BrClFN4OS/c24-17-7-10-19(26)16(11-17)12-27-29-22(31)14-32-23-28-20-3-1-2-4-21(20)30(23)13-15-5-8-18(25)9-6-15/h1-12H,13-14H2,(H,29,31)/b27-12-. The van der Waals surface area contributed by atoms with E-state index in [4.69, 9.17) is 11.6 Å². The zero-order valence-electron chi connectivity index (χ0n) is 16.6. The van der Waals surface area contributed by atoms with Gasteiger partial charge < -0.3 is 4.57 Å². The van der Waals surface area contributed by atoms with Crippen LogP contribution in [0.25, 0.3) is 11.0 Å². The smallest absolute Gasteiger partial charge is 0.250 e. The molecule has 5 nitrogen and oxygen atoms in total. The molecule has 1 amide bonds. The lowest BCUT2D eigenvalue weighted by Crippen LogP contribution is -2.20. The summed E-state index contributed by atoms with van der Waals surface area (Å²) in [5.41, 5.74) is 5.62. The van der Waals surface area contributed by atoms with Crippen molar-refractivity contribution in [1.29, 1.82) is 0 Å². The van der Waals surface area contributed by atoms with Crippen LogP contribution in [-0.2, 0) is 11.3 Å². The number of rotatable bonds is 7. The first-order chi connectivity index (χ1) is 15.5. The van der Waals surface area contributed by atoms with E-state index in [-0.39, 0.29) is 17.2 Å². The van der Waals surface area contributed by atoms with Crippen LogP contribution in [0.15, 0.2) is 81.5 Å². The predicted molar refractivity (Wildman–Crippen MR) is 131 cm³/mol. The molecule has 9 heteroatoms. The summed E-state index contributed by atoms with van der Waals surface area (Å²) in [5.74, 6) is -0.620. The molecule has 0 unspecified atom stereocenters. The number of fused-ring (bicyclic) bond motifs is 1. The second-order valence-corrected chi connectivity index (χ2v) is 9.14. The van der Waals surface area contributed by atoms with Gasteiger partial charge in [0.25, 0.3) is 5.91 Å². The fourth-order valence-corrected chi connectivity index (χ4v) is 4.35. The molecule has 32 heavy (non-hydrogen) atoms. The lowest BCUT2D eigenvalue weighted by Gasteiger charge is -2.09. The molecular weight excluding hydrogens is 515 g/mol. The Morgan fingerprint density at radius 1 is 1.19 bits per heavy atom. The first-order valence-electron chi connectivity index (χ1n) is 9.59. The predicted octanol–water partition coefficient (Wildman–Crippen LogP) is 5.88. The van der Waals surface area contributed by atoms with E-state index >= 15 is 0 Å². The SMILES string of the molecule is O=C(CSc1nc2ccccc2n1Cc1ccc(Cl)cc1)N/N=C\c1cc(Br)ccc1F. The number of amides is 1. The average molecular weight is 532 g/mol. The van der Waals surface area contributed by atoms with Crippen LogP contribution in [0.3, 0.4) is 0 Å². The Morgan fingerprint density at radius 2 is 1.97 bits per heavy atom. The van der Waals surface area contributed by atoms with Gasteiger partial charge in [-0.05, 0) is 48.0 Å². The Balaban J connectivity index is 1.45. The van der Waals surface area contributed by atoms with E-state index in [0.717, 1.165) is 26.2 Å². The summed E-state index contributed by atoms with van der Waals surface area (Å²) in [4.78, 5) is 17.0. The van der Waals surface area contributed by atoms with E-state index in [1.165, 1.54) is 24.0 Å². The molecule has 0 bridgehead atoms. The number of carbonyl (C=O) groups excluding carboxylic acids is 1. The third-order valence-electron chi connectivity index (χ3n) is 4.56. The van der Waals surface area contributed by atoms with Crippen LogP contribution < -0.4 is 5.43 Å². The quantitative estimate of drug-likeness (QED) is 0.184. The molecule has 0 aliphatic carbocycles. The van der Waals surface area contributed by atoms with Crippen molar-refractivity contribution in [2.45, 2.75) is 11.7 Å². The van der Waals surface area contributed by atoms with Gasteiger partial charge in [0.05, 0.1) is 29.5 Å². The van der Waals surface area contributed by atoms with E-state index in [1.54, 1.807) is 12.1 Å². The van der Waals surface area contributed by atoms with Crippen LogP contribution in [-0.4, -0.2) is 27.4 Å². The maximum atomic E-state index is 13.8. The number of hydrogen-bond donors (Lipinski definition) is 1. The number of carbonyl (C=O) groups is 1. The average Bonchev–Trinajstić information content (AvgIpc) is 3.13. The summed E-state index contributed by atoms with van der Waals surface area (Å²) in [7, 11) is 0. The molecule has 1 N–H and O–H groups in total. The maximum Gasteiger partial charge on any atom is 0.250 e. The first-order valence-corrected chi connectivity index (χ1v) is 11.7. The first kappa shape index (κ1) is 22.5. The van der Waals surface area contributed by atoms with Gasteiger partial charge in [-0.25, -0.2) is 14.8 Å². The van der Waals surface area contributed by atoms with E-state index in [9.17, 15) is 9.18 Å². The third-order valence-corrected chi connectivity index (χ3v) is 6.28. The fourth-order valence-electron chi connectivity index (χ4n) is 3.04. The highest BCUT2D eigenvalue weighted by atomic mass is 79.9. The Bertz CT molecular complexity index is 1290. The Labute approximate surface area is 201 Å². The topological polar surface area (TPSA) is 59.3 Å². The van der Waals surface area contributed by atoms with Crippen molar-refractivity contribution in [3.8, 4) is 0 Å². The number of aromatic nitrogens is 2. The summed E-state index contributed by atoms with van der Waals surface area (Å²) in [6.07, 6.45) is 1.28. The number of nitrogens with one attached hydrogen (secondary N) is 1. The Kier molecular flexibility index (Phi) is 7.24. The van der Waals surface area contributed by atoms with E-state index in [1.807, 2.05) is 48.5 Å². The molecule has 0 saturated carbocycles. The molecule has 0 aliphatic heterocycles. The third kappa shape index (κ3) is 5.56. The van der Waals surface area contributed by atoms with Crippen molar-refractivity contribution in [1.82, 2.24) is 15.0 Å². The number of hydrazone groups is 1. The molecule has 0 radical (unpaired) electrons. The van der Waals surface area contributed by atoms with Gasteiger partial charge in [-0.1, -0.05) is 63.6 Å². The molecule has 0 aliphatic rings. The minimum Gasteiger partial charge on any atom is -0.314 e. The molecule has 0 spiro atoms. The summed E-state index contributed by atoms with van der Waals surface area (Å²) < 4.78 is 16.6. The Hall–Kier alpha value is -2.68. The number of thioether (sulfide) groups is 1. The molecule has 1 aromatic heterocycles. The van der Waals surface area contributed by atoms with Crippen LogP contribution in [0.2, 0.25) is 5.02 Å². The summed E-state index contributed by atoms with van der Waals surface area (Å²) >= 11 is 10.6. The van der Waals surface area contributed by atoms with Crippen LogP contribution >= 0.6 is 39.3 Å². The molecule has 4 aromatic rings. The number of imidazole rings is 1. The molecular formula is C23H17BrClFN4OS. The normalized spacial score (nSPS) is 11.3. The second kappa shape index (κ2) is 10.3. The summed E-state index contributed by atoms with van der Waals surface area (Å²) in [6.45, 7) is 0.599. The second-order valence-electron chi connectivity index (χ2n) is 6.84. The Morgan fingerprint density at radius 3 is 2.78 bits per heavy atom. The largest absolute Gasteiger partial charge is 0.314 e. The number of benzene rings is 3. The van der Waals surface area contributed by atoms with Crippen molar-refractivity contribution in [3.05, 3.63) is 93.2 Å². The van der Waals surface area contributed by atoms with Crippen molar-refractivity contribution >= 4 is 62.4 Å². The number of para-hydroxylation sites is 2. The van der Waals surface area contributed by atoms with Crippen LogP contribution in [0.4, 0.5) is 4.39 Å². The zero-order chi connectivity index (χ0) is 22.5. The summed E-state index contributed by atoms with van der Waals surface area (Å²) in [5, 5.41) is 5.26. The molecule has 1 heterocycles. The molecule has 0 atom stereocenters. The molecule has 162 valence electrons. The summed E-state index contributed by atoms with van der Waals surface area (Å²) in [6, 6.07) is 20.0. The number of nitrogens with zero attached hydrogens (tertiary/aromatic N) is 3. The minimum absolute atomic E-state index is 0.113. The van der Waals surface area contributed by atoms with Crippen molar-refractivity contribution in [3.63, 3.8) is 0 Å². The van der Waals surface area contributed by atoms with Gasteiger partial charge in [0, 0.05) is 15.1 Å². The highest BCUT2D eigenvalue weighted by molar-refractivity contribution is 9.10. The number of halogens is 3. The zero-order valence-corrected chi connectivity index (χ0v) is 19.8. The van der Waals surface area contributed by atoms with Gasteiger partial charge >= 0.3 is 0 Å². The minimum atomic E-state index is -0.420. The van der Waals surface area contributed by atoms with E-state index in [2.05, 4.69) is 36.0 Å². The van der Waals surface area contributed by atoms with E-state index in [0.29, 0.717) is 11.6 Å². The van der Waals surface area contributed by atoms with Gasteiger partial charge in [0.2, 0.25) is 0 Å². The maximum absolute atomic E-state index is 13.8. The molecule has 0 saturated heterocycles. The van der Waals surface area contributed by atoms with Crippen molar-refractivity contribution < 1.29 is 9.18 Å². The van der Waals surface area contributed by atoms with Gasteiger partial charge in [-0.15, -0.1) is 0 Å². The molecule has 0 fully saturated rings. The van der Waals surface area contributed by atoms with Gasteiger partial charge in [-0.3, -0.25) is 4.79 Å². The number of hydrogen-bond acceptors (Lipinski definition) is 4. The van der Waals surface area contributed by atoms with Crippen LogP contribution in [0.5, 0.6) is 0 Å². The van der Waals surface area contributed by atoms with Gasteiger partial charge in [0.15, 0.2) is 5.16 Å². The molecule has 4 rings (SSSR count). The molecule has 3 aromatic carbocycles. The van der Waals surface area contributed by atoms with Crippen LogP contribution in [0.1, 0.15) is 11.1 Å². The van der Waals surface area contributed by atoms with Gasteiger partial charge in [-0.2, -0.15) is 5.10 Å². The van der Waals surface area contributed by atoms with Crippen molar-refractivity contribution in [2.75, 3.05) is 5.75 Å². The highest BCUT2D eigenvalue weighted by Crippen LogP contribution is 2.25. The monoisotopic (exact) mass is 530 g/mol. The van der Waals surface area contributed by atoms with Crippen LogP contribution in [0, 0.1) is 5.82 Å². The lowest BCUT2D eigenvalue weighted by atomic mass is 10.2. The highest BCUT2D eigenvalue weighted by Gasteiger charge is 2.13. The van der Waals surface area contributed by atoms with Gasteiger partial charge in [0.1, 0.15) is 5.82 Å².